The van der Waals surface area contributed by atoms with Crippen LogP contribution in [0.5, 0.6) is 0 Å². The molecule has 126 valence electrons. The summed E-state index contributed by atoms with van der Waals surface area (Å²) in [4.78, 5) is 4.20. The van der Waals surface area contributed by atoms with Crippen molar-refractivity contribution in [2.45, 2.75) is 18.1 Å². The fourth-order valence-corrected chi connectivity index (χ4v) is 4.49. The minimum absolute atomic E-state index is 0.283. The van der Waals surface area contributed by atoms with Crippen LogP contribution in [0.1, 0.15) is 13.3 Å². The summed E-state index contributed by atoms with van der Waals surface area (Å²) >= 11 is 6.19. The summed E-state index contributed by atoms with van der Waals surface area (Å²) in [6.07, 6.45) is 9.89. The van der Waals surface area contributed by atoms with Gasteiger partial charge in [0.15, 0.2) is 5.65 Å². The molecule has 24 heavy (non-hydrogen) atoms. The minimum Gasteiger partial charge on any atom is -0.504 e. The van der Waals surface area contributed by atoms with Gasteiger partial charge in [-0.1, -0.05) is 23.8 Å². The molecule has 0 saturated carbocycles. The molecule has 0 bridgehead atoms. The largest absolute Gasteiger partial charge is 0.504 e. The lowest BCUT2D eigenvalue weighted by Crippen LogP contribution is -2.38. The third-order valence-corrected chi connectivity index (χ3v) is 6.72. The Kier molecular flexibility index (Phi) is 4.27. The van der Waals surface area contributed by atoms with Gasteiger partial charge in [-0.3, -0.25) is 0 Å². The van der Waals surface area contributed by atoms with Gasteiger partial charge in [0.25, 0.3) is 0 Å². The Morgan fingerprint density at radius 2 is 2.21 bits per heavy atom. The zero-order valence-corrected chi connectivity index (χ0v) is 14.9. The first-order chi connectivity index (χ1) is 11.4. The number of aromatic nitrogens is 2. The Hall–Kier alpha value is -2.05. The third-order valence-electron chi connectivity index (χ3n) is 4.07. The molecule has 0 aromatic carbocycles. The summed E-state index contributed by atoms with van der Waals surface area (Å²) in [6.45, 7) is 1.68. The Morgan fingerprint density at radius 1 is 1.42 bits per heavy atom. The van der Waals surface area contributed by atoms with Gasteiger partial charge in [0.05, 0.1) is 13.4 Å². The maximum atomic E-state index is 13.3. The highest BCUT2D eigenvalue weighted by Crippen LogP contribution is 2.36. The molecule has 1 unspecified atom stereocenters. The lowest BCUT2D eigenvalue weighted by atomic mass is 9.97. The number of pyridine rings is 1. The standard InChI is InChI=1S/C17H17ClN2O3S/c1-17(8-5-15(18)14(12-17)7-11-23-2)24(21,22)20-10-6-13-4-3-9-19-16(13)20/h3-7,9-12H,8H2,1-2H3. The first-order valence-corrected chi connectivity index (χ1v) is 9.16. The van der Waals surface area contributed by atoms with E-state index in [2.05, 4.69) is 4.98 Å². The molecule has 0 spiro atoms. The molecule has 0 amide bonds. The first-order valence-electron chi connectivity index (χ1n) is 7.34. The summed E-state index contributed by atoms with van der Waals surface area (Å²) in [5.74, 6) is 0. The van der Waals surface area contributed by atoms with E-state index in [-0.39, 0.29) is 6.42 Å². The van der Waals surface area contributed by atoms with Crippen LogP contribution in [0.3, 0.4) is 0 Å². The predicted molar refractivity (Wildman–Crippen MR) is 95.2 cm³/mol. The third kappa shape index (κ3) is 2.65. The van der Waals surface area contributed by atoms with E-state index in [1.54, 1.807) is 43.5 Å². The fourth-order valence-electron chi connectivity index (χ4n) is 2.68. The van der Waals surface area contributed by atoms with Gasteiger partial charge in [0.1, 0.15) is 4.75 Å². The topological polar surface area (TPSA) is 61.2 Å². The molecule has 3 rings (SSSR count). The number of hydrogen-bond acceptors (Lipinski definition) is 4. The molecule has 1 atom stereocenters. The van der Waals surface area contributed by atoms with Crippen LogP contribution in [0.25, 0.3) is 11.0 Å². The van der Waals surface area contributed by atoms with Crippen LogP contribution in [0, 0.1) is 0 Å². The summed E-state index contributed by atoms with van der Waals surface area (Å²) in [6, 6.07) is 5.35. The predicted octanol–water partition coefficient (Wildman–Crippen LogP) is 3.59. The summed E-state index contributed by atoms with van der Waals surface area (Å²) in [5, 5.41) is 1.28. The van der Waals surface area contributed by atoms with Gasteiger partial charge in [-0.05, 0) is 43.2 Å². The molecule has 0 aliphatic heterocycles. The number of fused-ring (bicyclic) bond motifs is 1. The van der Waals surface area contributed by atoms with Gasteiger partial charge in [-0.25, -0.2) is 17.4 Å². The van der Waals surface area contributed by atoms with Crippen molar-refractivity contribution < 1.29 is 13.2 Å². The normalized spacial score (nSPS) is 21.8. The highest BCUT2D eigenvalue weighted by atomic mass is 35.5. The number of hydrogen-bond donors (Lipinski definition) is 0. The SMILES string of the molecule is COC=CC1=CC(C)(S(=O)(=O)n2ccc3cccnc32)CC=C1Cl. The van der Waals surface area contributed by atoms with Crippen LogP contribution in [-0.2, 0) is 14.8 Å². The monoisotopic (exact) mass is 364 g/mol. The van der Waals surface area contributed by atoms with Crippen molar-refractivity contribution in [2.75, 3.05) is 7.11 Å². The van der Waals surface area contributed by atoms with E-state index in [0.29, 0.717) is 16.3 Å². The van der Waals surface area contributed by atoms with Gasteiger partial charge >= 0.3 is 0 Å². The van der Waals surface area contributed by atoms with Crippen molar-refractivity contribution in [3.8, 4) is 0 Å². The summed E-state index contributed by atoms with van der Waals surface area (Å²) in [5.41, 5.74) is 1.03. The quantitative estimate of drug-likeness (QED) is 0.778. The van der Waals surface area contributed by atoms with Crippen molar-refractivity contribution in [2.24, 2.45) is 0 Å². The van der Waals surface area contributed by atoms with Crippen molar-refractivity contribution in [3.05, 3.63) is 65.7 Å². The van der Waals surface area contributed by atoms with Crippen LogP contribution in [0.15, 0.2) is 65.7 Å². The molecule has 0 fully saturated rings. The maximum absolute atomic E-state index is 13.3. The highest BCUT2D eigenvalue weighted by Gasteiger charge is 2.40. The molecule has 0 N–H and O–H groups in total. The van der Waals surface area contributed by atoms with Crippen LogP contribution < -0.4 is 0 Å². The van der Waals surface area contributed by atoms with Crippen LogP contribution in [0.4, 0.5) is 0 Å². The molecule has 1 aliphatic rings. The molecule has 0 radical (unpaired) electrons. The molecule has 7 heteroatoms. The second-order valence-corrected chi connectivity index (χ2v) is 8.42. The minimum atomic E-state index is -3.73. The first kappa shape index (κ1) is 16.8. The molecular formula is C17H17ClN2O3S. The van der Waals surface area contributed by atoms with Crippen molar-refractivity contribution >= 4 is 32.7 Å². The average Bonchev–Trinajstić information content (AvgIpc) is 3.00. The maximum Gasteiger partial charge on any atom is 0.249 e. The van der Waals surface area contributed by atoms with E-state index < -0.39 is 14.8 Å². The second kappa shape index (κ2) is 6.11. The Labute approximate surface area is 146 Å². The van der Waals surface area contributed by atoms with E-state index in [9.17, 15) is 8.42 Å². The molecule has 0 saturated heterocycles. The van der Waals surface area contributed by atoms with Crippen molar-refractivity contribution in [1.29, 1.82) is 0 Å². The Bertz CT molecular complexity index is 973. The van der Waals surface area contributed by atoms with Gasteiger partial charge in [-0.15, -0.1) is 0 Å². The van der Waals surface area contributed by atoms with Crippen molar-refractivity contribution in [1.82, 2.24) is 8.96 Å². The summed E-state index contributed by atoms with van der Waals surface area (Å²) < 4.78 is 31.5. The number of rotatable bonds is 4. The smallest absolute Gasteiger partial charge is 0.249 e. The van der Waals surface area contributed by atoms with Gasteiger partial charge < -0.3 is 4.74 Å². The van der Waals surface area contributed by atoms with Crippen molar-refractivity contribution in [3.63, 3.8) is 0 Å². The Balaban J connectivity index is 2.12. The average molecular weight is 365 g/mol. The fraction of sp³-hybridized carbons (Fsp3) is 0.235. The number of nitrogens with zero attached hydrogens (tertiary/aromatic N) is 2. The zero-order valence-electron chi connectivity index (χ0n) is 13.3. The number of allylic oxidation sites excluding steroid dienone is 4. The van der Waals surface area contributed by atoms with Crippen LogP contribution in [-0.4, -0.2) is 29.2 Å². The van der Waals surface area contributed by atoms with E-state index in [1.165, 1.54) is 23.5 Å². The number of methoxy groups -OCH3 is 1. The van der Waals surface area contributed by atoms with E-state index in [0.717, 1.165) is 5.39 Å². The Morgan fingerprint density at radius 3 is 2.96 bits per heavy atom. The molecular weight excluding hydrogens is 348 g/mol. The van der Waals surface area contributed by atoms with Gasteiger partial charge in [0.2, 0.25) is 10.0 Å². The molecule has 5 nitrogen and oxygen atoms in total. The van der Waals surface area contributed by atoms with E-state index in [4.69, 9.17) is 16.3 Å². The molecule has 2 heterocycles. The molecule has 1 aliphatic carbocycles. The molecule has 2 aromatic heterocycles. The lowest BCUT2D eigenvalue weighted by Gasteiger charge is -2.29. The number of halogens is 1. The lowest BCUT2D eigenvalue weighted by molar-refractivity contribution is 0.338. The van der Waals surface area contributed by atoms with Crippen LogP contribution >= 0.6 is 11.6 Å². The molecule has 2 aromatic rings. The van der Waals surface area contributed by atoms with Gasteiger partial charge in [-0.2, -0.15) is 0 Å². The van der Waals surface area contributed by atoms with E-state index >= 15 is 0 Å². The van der Waals surface area contributed by atoms with Gasteiger partial charge in [0, 0.05) is 22.8 Å². The highest BCUT2D eigenvalue weighted by molar-refractivity contribution is 7.91. The summed E-state index contributed by atoms with van der Waals surface area (Å²) in [7, 11) is -2.21. The zero-order chi connectivity index (χ0) is 17.4. The van der Waals surface area contributed by atoms with E-state index in [1.807, 2.05) is 6.07 Å². The van der Waals surface area contributed by atoms with Crippen LogP contribution in [0.2, 0.25) is 0 Å². The second-order valence-electron chi connectivity index (χ2n) is 5.74. The number of ether oxygens (including phenoxy) is 1.